The van der Waals surface area contributed by atoms with Crippen LogP contribution in [0, 0.1) is 0 Å². The summed E-state index contributed by atoms with van der Waals surface area (Å²) in [4.78, 5) is 0. The molecular weight excluding hydrogens is 322 g/mol. The average molecular weight is 339 g/mol. The molecular formula is C16H17BrClN. The first kappa shape index (κ1) is 14.6. The third-order valence-electron chi connectivity index (χ3n) is 3.10. The lowest BCUT2D eigenvalue weighted by atomic mass is 10.0. The summed E-state index contributed by atoms with van der Waals surface area (Å²) in [6.45, 7) is 3.02. The van der Waals surface area contributed by atoms with Gasteiger partial charge in [0.2, 0.25) is 0 Å². The van der Waals surface area contributed by atoms with Crippen molar-refractivity contribution in [1.29, 1.82) is 0 Å². The Labute approximate surface area is 128 Å². The first-order chi connectivity index (χ1) is 9.19. The van der Waals surface area contributed by atoms with E-state index in [-0.39, 0.29) is 0 Å². The van der Waals surface area contributed by atoms with E-state index in [9.17, 15) is 0 Å². The third kappa shape index (κ3) is 4.34. The van der Waals surface area contributed by atoms with Gasteiger partial charge in [0.05, 0.1) is 0 Å². The minimum atomic E-state index is 0.358. The molecule has 19 heavy (non-hydrogen) atoms. The van der Waals surface area contributed by atoms with Crippen LogP contribution >= 0.6 is 27.5 Å². The summed E-state index contributed by atoms with van der Waals surface area (Å²) < 4.78 is 1.12. The van der Waals surface area contributed by atoms with Crippen molar-refractivity contribution in [2.24, 2.45) is 0 Å². The highest BCUT2D eigenvalue weighted by molar-refractivity contribution is 9.10. The van der Waals surface area contributed by atoms with Crippen molar-refractivity contribution >= 4 is 27.5 Å². The third-order valence-corrected chi connectivity index (χ3v) is 3.83. The molecule has 0 aliphatic carbocycles. The van der Waals surface area contributed by atoms with Gasteiger partial charge in [-0.05, 0) is 41.8 Å². The van der Waals surface area contributed by atoms with Gasteiger partial charge in [-0.25, -0.2) is 0 Å². The van der Waals surface area contributed by atoms with Gasteiger partial charge in [-0.1, -0.05) is 58.7 Å². The van der Waals surface area contributed by atoms with Crippen molar-refractivity contribution in [2.45, 2.75) is 25.9 Å². The fourth-order valence-corrected chi connectivity index (χ4v) is 2.74. The van der Waals surface area contributed by atoms with Gasteiger partial charge in [-0.15, -0.1) is 0 Å². The molecule has 0 spiro atoms. The maximum absolute atomic E-state index is 6.00. The number of hydrogen-bond donors (Lipinski definition) is 1. The molecule has 0 aliphatic rings. The first-order valence-electron chi connectivity index (χ1n) is 6.42. The quantitative estimate of drug-likeness (QED) is 0.775. The van der Waals surface area contributed by atoms with Gasteiger partial charge in [0.1, 0.15) is 0 Å². The summed E-state index contributed by atoms with van der Waals surface area (Å²) in [6.07, 6.45) is 1.05. The Balaban J connectivity index is 2.04. The number of rotatable bonds is 5. The van der Waals surface area contributed by atoms with E-state index in [4.69, 9.17) is 11.6 Å². The second-order valence-corrected chi connectivity index (χ2v) is 5.88. The fourth-order valence-electron chi connectivity index (χ4n) is 2.11. The molecule has 0 fully saturated rings. The molecule has 1 N–H and O–H groups in total. The van der Waals surface area contributed by atoms with E-state index >= 15 is 0 Å². The molecule has 1 atom stereocenters. The van der Waals surface area contributed by atoms with Gasteiger partial charge in [-0.2, -0.15) is 0 Å². The van der Waals surface area contributed by atoms with Crippen LogP contribution in [0.3, 0.4) is 0 Å². The average Bonchev–Trinajstić information content (AvgIpc) is 2.40. The first-order valence-corrected chi connectivity index (χ1v) is 7.59. The van der Waals surface area contributed by atoms with Crippen LogP contribution in [0.15, 0.2) is 53.0 Å². The second-order valence-electron chi connectivity index (χ2n) is 4.53. The summed E-state index contributed by atoms with van der Waals surface area (Å²) in [5.41, 5.74) is 2.51. The molecule has 1 nitrogen and oxygen atoms in total. The Bertz CT molecular complexity index is 542. The van der Waals surface area contributed by atoms with Crippen molar-refractivity contribution < 1.29 is 0 Å². The van der Waals surface area contributed by atoms with E-state index in [2.05, 4.69) is 52.4 Å². The maximum atomic E-state index is 6.00. The Hall–Kier alpha value is -0.830. The lowest BCUT2D eigenvalue weighted by Crippen LogP contribution is -2.20. The molecule has 3 heteroatoms. The molecule has 0 aliphatic heterocycles. The van der Waals surface area contributed by atoms with Crippen LogP contribution in [0.4, 0.5) is 0 Å². The Morgan fingerprint density at radius 1 is 1.16 bits per heavy atom. The number of halogens is 2. The molecule has 0 radical (unpaired) electrons. The standard InChI is InChI=1S/C16H17BrClN/c1-2-16(13-6-4-7-14(17)10-13)19-11-12-5-3-8-15(18)9-12/h3-10,16,19H,2,11H2,1H3. The smallest absolute Gasteiger partial charge is 0.0409 e. The minimum Gasteiger partial charge on any atom is -0.306 e. The van der Waals surface area contributed by atoms with E-state index in [1.807, 2.05) is 24.3 Å². The van der Waals surface area contributed by atoms with Crippen LogP contribution in [0.2, 0.25) is 5.02 Å². The highest BCUT2D eigenvalue weighted by Gasteiger charge is 2.08. The van der Waals surface area contributed by atoms with E-state index in [1.165, 1.54) is 11.1 Å². The molecule has 100 valence electrons. The van der Waals surface area contributed by atoms with Crippen molar-refractivity contribution in [3.8, 4) is 0 Å². The normalized spacial score (nSPS) is 12.4. The van der Waals surface area contributed by atoms with Crippen LogP contribution < -0.4 is 5.32 Å². The lowest BCUT2D eigenvalue weighted by Gasteiger charge is -2.18. The zero-order valence-corrected chi connectivity index (χ0v) is 13.2. The van der Waals surface area contributed by atoms with Crippen LogP contribution in [0.25, 0.3) is 0 Å². The molecule has 1 unspecified atom stereocenters. The van der Waals surface area contributed by atoms with Crippen molar-refractivity contribution in [1.82, 2.24) is 5.32 Å². The van der Waals surface area contributed by atoms with Crippen molar-refractivity contribution in [3.05, 3.63) is 69.2 Å². The van der Waals surface area contributed by atoms with Crippen LogP contribution in [0.1, 0.15) is 30.5 Å². The molecule has 0 heterocycles. The van der Waals surface area contributed by atoms with Gasteiger partial charge < -0.3 is 5.32 Å². The summed E-state index contributed by atoms with van der Waals surface area (Å²) in [5, 5.41) is 4.36. The molecule has 2 rings (SSSR count). The highest BCUT2D eigenvalue weighted by Crippen LogP contribution is 2.21. The van der Waals surface area contributed by atoms with Gasteiger partial charge in [-0.3, -0.25) is 0 Å². The Morgan fingerprint density at radius 3 is 2.63 bits per heavy atom. The molecule has 0 amide bonds. The Kier molecular flexibility index (Phi) is 5.44. The minimum absolute atomic E-state index is 0.358. The molecule has 0 saturated heterocycles. The SMILES string of the molecule is CCC(NCc1cccc(Cl)c1)c1cccc(Br)c1. The van der Waals surface area contributed by atoms with Gasteiger partial charge in [0.15, 0.2) is 0 Å². The van der Waals surface area contributed by atoms with Gasteiger partial charge in [0, 0.05) is 22.1 Å². The lowest BCUT2D eigenvalue weighted by molar-refractivity contribution is 0.519. The number of benzene rings is 2. The van der Waals surface area contributed by atoms with E-state index in [1.54, 1.807) is 0 Å². The fraction of sp³-hybridized carbons (Fsp3) is 0.250. The summed E-state index contributed by atoms with van der Waals surface area (Å²) >= 11 is 9.52. The Morgan fingerprint density at radius 2 is 1.95 bits per heavy atom. The molecule has 2 aromatic carbocycles. The maximum Gasteiger partial charge on any atom is 0.0409 e. The number of hydrogen-bond acceptors (Lipinski definition) is 1. The van der Waals surface area contributed by atoms with Gasteiger partial charge >= 0.3 is 0 Å². The molecule has 2 aromatic rings. The van der Waals surface area contributed by atoms with Crippen LogP contribution in [-0.2, 0) is 6.54 Å². The summed E-state index contributed by atoms with van der Waals surface area (Å²) in [7, 11) is 0. The van der Waals surface area contributed by atoms with Gasteiger partial charge in [0.25, 0.3) is 0 Å². The largest absolute Gasteiger partial charge is 0.306 e. The topological polar surface area (TPSA) is 12.0 Å². The predicted molar refractivity (Wildman–Crippen MR) is 85.5 cm³/mol. The monoisotopic (exact) mass is 337 g/mol. The molecule has 0 aromatic heterocycles. The second kappa shape index (κ2) is 7.09. The van der Waals surface area contributed by atoms with Crippen molar-refractivity contribution in [3.63, 3.8) is 0 Å². The van der Waals surface area contributed by atoms with Crippen molar-refractivity contribution in [2.75, 3.05) is 0 Å². The van der Waals surface area contributed by atoms with Crippen LogP contribution in [-0.4, -0.2) is 0 Å². The highest BCUT2D eigenvalue weighted by atomic mass is 79.9. The zero-order valence-electron chi connectivity index (χ0n) is 10.9. The van der Waals surface area contributed by atoms with Crippen LogP contribution in [0.5, 0.6) is 0 Å². The zero-order chi connectivity index (χ0) is 13.7. The number of nitrogens with one attached hydrogen (secondary N) is 1. The molecule has 0 bridgehead atoms. The van der Waals surface area contributed by atoms with E-state index in [0.717, 1.165) is 22.5 Å². The predicted octanol–water partition coefficient (Wildman–Crippen LogP) is 5.34. The van der Waals surface area contributed by atoms with E-state index in [0.29, 0.717) is 6.04 Å². The van der Waals surface area contributed by atoms with E-state index < -0.39 is 0 Å². The molecule has 0 saturated carbocycles. The summed E-state index contributed by atoms with van der Waals surface area (Å²) in [5.74, 6) is 0. The summed E-state index contributed by atoms with van der Waals surface area (Å²) in [6, 6.07) is 16.8.